The van der Waals surface area contributed by atoms with Gasteiger partial charge in [0.25, 0.3) is 5.91 Å². The van der Waals surface area contributed by atoms with Gasteiger partial charge < -0.3 is 15.6 Å². The molecule has 0 bridgehead atoms. The normalized spacial score (nSPS) is 15.7. The monoisotopic (exact) mass is 402 g/mol. The van der Waals surface area contributed by atoms with Crippen LogP contribution in [0.15, 0.2) is 78.4 Å². The Hall–Kier alpha value is -3.94. The fourth-order valence-corrected chi connectivity index (χ4v) is 3.43. The number of rotatable bonds is 7. The van der Waals surface area contributed by atoms with E-state index in [2.05, 4.69) is 15.4 Å². The number of hydrogen-bond acceptors (Lipinski definition) is 5. The minimum Gasteiger partial charge on any atom is -0.368 e. The first-order valence-corrected chi connectivity index (χ1v) is 9.63. The Morgan fingerprint density at radius 2 is 1.80 bits per heavy atom. The third-order valence-corrected chi connectivity index (χ3v) is 4.99. The molecule has 30 heavy (non-hydrogen) atoms. The molecule has 3 N–H and O–H groups in total. The molecular formula is C22H22N6O2. The Kier molecular flexibility index (Phi) is 5.56. The van der Waals surface area contributed by atoms with Crippen LogP contribution < -0.4 is 16.1 Å². The second-order valence-electron chi connectivity index (χ2n) is 7.04. The molecule has 8 nitrogen and oxygen atoms in total. The van der Waals surface area contributed by atoms with Crippen molar-refractivity contribution in [2.24, 2.45) is 10.8 Å². The third-order valence-electron chi connectivity index (χ3n) is 4.99. The molecule has 1 aliphatic heterocycles. The van der Waals surface area contributed by atoms with E-state index < -0.39 is 11.9 Å². The van der Waals surface area contributed by atoms with Gasteiger partial charge in [0.05, 0.1) is 12.0 Å². The van der Waals surface area contributed by atoms with Gasteiger partial charge >= 0.3 is 0 Å². The number of aromatic nitrogens is 2. The van der Waals surface area contributed by atoms with Gasteiger partial charge in [-0.2, -0.15) is 5.10 Å². The van der Waals surface area contributed by atoms with E-state index in [-0.39, 0.29) is 18.0 Å². The first-order valence-electron chi connectivity index (χ1n) is 9.63. The summed E-state index contributed by atoms with van der Waals surface area (Å²) < 4.78 is 1.97. The van der Waals surface area contributed by atoms with Crippen LogP contribution in [0.5, 0.6) is 0 Å². The van der Waals surface area contributed by atoms with Gasteiger partial charge in [-0.05, 0) is 23.3 Å². The van der Waals surface area contributed by atoms with Gasteiger partial charge in [0.1, 0.15) is 11.8 Å². The molecular weight excluding hydrogens is 380 g/mol. The summed E-state index contributed by atoms with van der Waals surface area (Å²) in [5.74, 6) is -0.826. The number of para-hydroxylation sites is 1. The van der Waals surface area contributed by atoms with Crippen LogP contribution in [0.25, 0.3) is 0 Å². The van der Waals surface area contributed by atoms with Crippen LogP contribution in [0.4, 0.5) is 5.69 Å². The molecule has 8 heteroatoms. The van der Waals surface area contributed by atoms with Gasteiger partial charge in [-0.15, -0.1) is 0 Å². The van der Waals surface area contributed by atoms with E-state index in [9.17, 15) is 9.59 Å². The van der Waals surface area contributed by atoms with Gasteiger partial charge in [0.15, 0.2) is 0 Å². The van der Waals surface area contributed by atoms with Gasteiger partial charge in [-0.1, -0.05) is 42.5 Å². The Morgan fingerprint density at radius 1 is 1.07 bits per heavy atom. The molecule has 0 fully saturated rings. The number of hydrazone groups is 1. The fraction of sp³-hybridized carbons (Fsp3) is 0.182. The highest BCUT2D eigenvalue weighted by molar-refractivity contribution is 6.40. The van der Waals surface area contributed by atoms with E-state index in [4.69, 9.17) is 5.73 Å². The number of nitrogens with zero attached hydrogens (tertiary/aromatic N) is 4. The van der Waals surface area contributed by atoms with Crippen LogP contribution in [0.2, 0.25) is 0 Å². The summed E-state index contributed by atoms with van der Waals surface area (Å²) in [6.45, 7) is 1.02. The highest BCUT2D eigenvalue weighted by atomic mass is 16.2. The summed E-state index contributed by atoms with van der Waals surface area (Å²) in [5.41, 5.74) is 8.64. The first-order chi connectivity index (χ1) is 14.6. The van der Waals surface area contributed by atoms with E-state index in [1.807, 2.05) is 65.4 Å². The molecule has 0 saturated carbocycles. The Bertz CT molecular complexity index is 1060. The SMILES string of the molecule is NC(=O)C1CC(C(=O)NCc2ccccc2Cn2ccnc2)=NN1c1ccccc1. The maximum atomic E-state index is 12.8. The number of imidazole rings is 1. The van der Waals surface area contributed by atoms with Gasteiger partial charge in [0, 0.05) is 31.9 Å². The van der Waals surface area contributed by atoms with E-state index in [1.165, 1.54) is 5.01 Å². The second-order valence-corrected chi connectivity index (χ2v) is 7.04. The Morgan fingerprint density at radius 3 is 2.50 bits per heavy atom. The lowest BCUT2D eigenvalue weighted by Gasteiger charge is -2.20. The number of amides is 2. The molecule has 0 saturated heterocycles. The van der Waals surface area contributed by atoms with Crippen LogP contribution in [0, 0.1) is 0 Å². The number of carbonyl (C=O) groups is 2. The molecule has 0 aliphatic carbocycles. The second kappa shape index (κ2) is 8.60. The number of carbonyl (C=O) groups excluding carboxylic acids is 2. The lowest BCUT2D eigenvalue weighted by Crippen LogP contribution is -2.39. The fourth-order valence-electron chi connectivity index (χ4n) is 3.43. The largest absolute Gasteiger partial charge is 0.368 e. The summed E-state index contributed by atoms with van der Waals surface area (Å²) >= 11 is 0. The molecule has 2 amide bonds. The van der Waals surface area contributed by atoms with Crippen molar-refractivity contribution in [3.63, 3.8) is 0 Å². The lowest BCUT2D eigenvalue weighted by molar-refractivity contribution is -0.119. The standard InChI is InChI=1S/C22H22N6O2/c23-21(29)20-12-19(26-28(20)18-8-2-1-3-9-18)22(30)25-13-16-6-4-5-7-17(16)14-27-11-10-24-15-27/h1-11,15,20H,12-14H2,(H2,23,29)(H,25,30). The maximum absolute atomic E-state index is 12.8. The molecule has 0 spiro atoms. The van der Waals surface area contributed by atoms with Gasteiger partial charge in [0.2, 0.25) is 5.91 Å². The summed E-state index contributed by atoms with van der Waals surface area (Å²) in [6, 6.07) is 16.4. The van der Waals surface area contributed by atoms with Gasteiger partial charge in [-0.3, -0.25) is 14.6 Å². The zero-order chi connectivity index (χ0) is 20.9. The quantitative estimate of drug-likeness (QED) is 0.627. The summed E-state index contributed by atoms with van der Waals surface area (Å²) in [5, 5.41) is 8.82. The van der Waals surface area contributed by atoms with Crippen LogP contribution in [-0.4, -0.2) is 33.1 Å². The third kappa shape index (κ3) is 4.22. The molecule has 1 aliphatic rings. The zero-order valence-corrected chi connectivity index (χ0v) is 16.3. The number of primary amides is 1. The minimum absolute atomic E-state index is 0.173. The molecule has 1 unspecified atom stereocenters. The Balaban J connectivity index is 1.46. The van der Waals surface area contributed by atoms with Gasteiger partial charge in [-0.25, -0.2) is 4.98 Å². The lowest BCUT2D eigenvalue weighted by atomic mass is 10.1. The number of hydrogen-bond donors (Lipinski definition) is 2. The molecule has 0 radical (unpaired) electrons. The van der Waals surface area contributed by atoms with Crippen molar-refractivity contribution < 1.29 is 9.59 Å². The van der Waals surface area contributed by atoms with Crippen LogP contribution >= 0.6 is 0 Å². The number of anilines is 1. The van der Waals surface area contributed by atoms with Crippen LogP contribution in [-0.2, 0) is 22.7 Å². The maximum Gasteiger partial charge on any atom is 0.267 e. The zero-order valence-electron chi connectivity index (χ0n) is 16.3. The van der Waals surface area contributed by atoms with E-state index in [0.29, 0.717) is 13.1 Å². The number of benzene rings is 2. The summed E-state index contributed by atoms with van der Waals surface area (Å²) in [7, 11) is 0. The van der Waals surface area contributed by atoms with Crippen molar-refractivity contribution in [2.75, 3.05) is 5.01 Å². The first kappa shape index (κ1) is 19.4. The van der Waals surface area contributed by atoms with Crippen LogP contribution in [0.1, 0.15) is 17.5 Å². The highest BCUT2D eigenvalue weighted by Crippen LogP contribution is 2.24. The average Bonchev–Trinajstić information content (AvgIpc) is 3.44. The smallest absolute Gasteiger partial charge is 0.267 e. The number of nitrogens with one attached hydrogen (secondary N) is 1. The molecule has 1 atom stereocenters. The summed E-state index contributed by atoms with van der Waals surface area (Å²) in [4.78, 5) is 28.7. The van der Waals surface area contributed by atoms with Crippen LogP contribution in [0.3, 0.4) is 0 Å². The molecule has 3 aromatic rings. The topological polar surface area (TPSA) is 106 Å². The molecule has 1 aromatic heterocycles. The van der Waals surface area contributed by atoms with Crippen molar-refractivity contribution in [3.8, 4) is 0 Å². The van der Waals surface area contributed by atoms with Crippen molar-refractivity contribution in [3.05, 3.63) is 84.4 Å². The predicted molar refractivity (Wildman–Crippen MR) is 114 cm³/mol. The van der Waals surface area contributed by atoms with E-state index in [1.54, 1.807) is 12.5 Å². The minimum atomic E-state index is -0.679. The molecule has 2 heterocycles. The average molecular weight is 402 g/mol. The van der Waals surface area contributed by atoms with Crippen molar-refractivity contribution >= 4 is 23.2 Å². The summed E-state index contributed by atoms with van der Waals surface area (Å²) in [6.07, 6.45) is 5.55. The molecule has 4 rings (SSSR count). The molecule has 2 aromatic carbocycles. The highest BCUT2D eigenvalue weighted by Gasteiger charge is 2.34. The van der Waals surface area contributed by atoms with Crippen molar-refractivity contribution in [1.29, 1.82) is 0 Å². The van der Waals surface area contributed by atoms with E-state index in [0.717, 1.165) is 16.8 Å². The van der Waals surface area contributed by atoms with Crippen molar-refractivity contribution in [1.82, 2.24) is 14.9 Å². The predicted octanol–water partition coefficient (Wildman–Crippen LogP) is 1.67. The Labute approximate surface area is 174 Å². The van der Waals surface area contributed by atoms with E-state index >= 15 is 0 Å². The number of nitrogens with two attached hydrogens (primary N) is 1. The molecule has 152 valence electrons. The van der Waals surface area contributed by atoms with Crippen molar-refractivity contribution in [2.45, 2.75) is 25.6 Å².